The Labute approximate surface area is 103 Å². The van der Waals surface area contributed by atoms with Crippen molar-refractivity contribution in [2.45, 2.75) is 46.2 Å². The van der Waals surface area contributed by atoms with Crippen LogP contribution in [0.5, 0.6) is 0 Å². The Hall–Kier alpha value is -1.10. The van der Waals surface area contributed by atoms with Gasteiger partial charge in [-0.15, -0.1) is 0 Å². The van der Waals surface area contributed by atoms with E-state index in [9.17, 15) is 9.59 Å². The van der Waals surface area contributed by atoms with E-state index >= 15 is 0 Å². The molecule has 0 rings (SSSR count). The number of rotatable bonds is 6. The van der Waals surface area contributed by atoms with Gasteiger partial charge in [-0.1, -0.05) is 34.1 Å². The van der Waals surface area contributed by atoms with Gasteiger partial charge in [0.25, 0.3) is 0 Å². The van der Waals surface area contributed by atoms with Crippen molar-refractivity contribution in [3.8, 4) is 0 Å². The van der Waals surface area contributed by atoms with Crippen molar-refractivity contribution in [1.82, 2.24) is 5.32 Å². The lowest BCUT2D eigenvalue weighted by Gasteiger charge is -2.24. The van der Waals surface area contributed by atoms with Crippen molar-refractivity contribution in [2.75, 3.05) is 7.11 Å². The summed E-state index contributed by atoms with van der Waals surface area (Å²) >= 11 is 0. The average molecular weight is 244 g/mol. The lowest BCUT2D eigenvalue weighted by molar-refractivity contribution is -0.146. The van der Waals surface area contributed by atoms with Crippen LogP contribution in [0.3, 0.4) is 0 Å². The summed E-state index contributed by atoms with van der Waals surface area (Å²) in [6.45, 7) is 7.57. The topological polar surface area (TPSA) is 81.4 Å². The minimum Gasteiger partial charge on any atom is -0.467 e. The Morgan fingerprint density at radius 1 is 1.29 bits per heavy atom. The fourth-order valence-electron chi connectivity index (χ4n) is 1.35. The molecule has 100 valence electrons. The summed E-state index contributed by atoms with van der Waals surface area (Å²) in [4.78, 5) is 23.4. The summed E-state index contributed by atoms with van der Waals surface area (Å²) < 4.78 is 4.68. The molecule has 0 aromatic rings. The molecule has 0 aromatic carbocycles. The molecule has 0 aliphatic carbocycles. The molecule has 2 unspecified atom stereocenters. The fraction of sp³-hybridized carbons (Fsp3) is 0.833. The number of carbonyl (C=O) groups excluding carboxylic acids is 2. The summed E-state index contributed by atoms with van der Waals surface area (Å²) in [5.74, 6) is -0.685. The van der Waals surface area contributed by atoms with Gasteiger partial charge in [-0.05, 0) is 11.8 Å². The molecule has 3 N–H and O–H groups in total. The molecule has 0 radical (unpaired) electrons. The number of ether oxygens (including phenoxy) is 1. The van der Waals surface area contributed by atoms with Crippen LogP contribution in [-0.2, 0) is 14.3 Å². The highest BCUT2D eigenvalue weighted by atomic mass is 16.5. The van der Waals surface area contributed by atoms with Gasteiger partial charge in [0.2, 0.25) is 5.91 Å². The van der Waals surface area contributed by atoms with E-state index in [1.165, 1.54) is 7.11 Å². The van der Waals surface area contributed by atoms with Crippen molar-refractivity contribution in [1.29, 1.82) is 0 Å². The SMILES string of the molecule is CCC(C)C(NC(=O)[C@H](N)C(C)C)C(=O)OC. The number of hydrogen-bond donors (Lipinski definition) is 2. The smallest absolute Gasteiger partial charge is 0.328 e. The molecule has 0 fully saturated rings. The first kappa shape index (κ1) is 15.9. The highest BCUT2D eigenvalue weighted by Gasteiger charge is 2.29. The van der Waals surface area contributed by atoms with Crippen LogP contribution in [0.1, 0.15) is 34.1 Å². The second kappa shape index (κ2) is 7.27. The van der Waals surface area contributed by atoms with Crippen molar-refractivity contribution in [3.63, 3.8) is 0 Å². The summed E-state index contributed by atoms with van der Waals surface area (Å²) in [6, 6.07) is -1.23. The van der Waals surface area contributed by atoms with Crippen molar-refractivity contribution >= 4 is 11.9 Å². The summed E-state index contributed by atoms with van der Waals surface area (Å²) in [7, 11) is 1.31. The Bertz CT molecular complexity index is 266. The largest absolute Gasteiger partial charge is 0.467 e. The van der Waals surface area contributed by atoms with E-state index < -0.39 is 18.1 Å². The van der Waals surface area contributed by atoms with Gasteiger partial charge in [-0.2, -0.15) is 0 Å². The van der Waals surface area contributed by atoms with E-state index in [2.05, 4.69) is 10.1 Å². The Balaban J connectivity index is 4.64. The first-order chi connectivity index (χ1) is 7.84. The zero-order chi connectivity index (χ0) is 13.6. The number of nitrogens with one attached hydrogen (secondary N) is 1. The van der Waals surface area contributed by atoms with Gasteiger partial charge in [0.05, 0.1) is 13.2 Å². The predicted molar refractivity (Wildman–Crippen MR) is 66.2 cm³/mol. The molecular formula is C12H24N2O3. The van der Waals surface area contributed by atoms with Crippen molar-refractivity contribution < 1.29 is 14.3 Å². The van der Waals surface area contributed by atoms with Crippen molar-refractivity contribution in [3.05, 3.63) is 0 Å². The Kier molecular flexibility index (Phi) is 6.80. The number of nitrogens with two attached hydrogens (primary N) is 1. The average Bonchev–Trinajstić information content (AvgIpc) is 2.32. The molecule has 5 heteroatoms. The van der Waals surface area contributed by atoms with Gasteiger partial charge in [-0.25, -0.2) is 4.79 Å². The molecule has 0 saturated carbocycles. The standard InChI is InChI=1S/C12H24N2O3/c1-6-8(4)10(12(16)17-5)14-11(15)9(13)7(2)3/h7-10H,6,13H2,1-5H3,(H,14,15)/t8?,9-,10?/m1/s1. The van der Waals surface area contributed by atoms with Gasteiger partial charge in [0, 0.05) is 0 Å². The number of esters is 1. The zero-order valence-electron chi connectivity index (χ0n) is 11.3. The summed E-state index contributed by atoms with van der Waals surface area (Å²) in [6.07, 6.45) is 0.775. The van der Waals surface area contributed by atoms with E-state index in [0.29, 0.717) is 0 Å². The molecule has 0 aromatic heterocycles. The monoisotopic (exact) mass is 244 g/mol. The van der Waals surface area contributed by atoms with Crippen molar-refractivity contribution in [2.24, 2.45) is 17.6 Å². The third-order valence-corrected chi connectivity index (χ3v) is 2.99. The summed E-state index contributed by atoms with van der Waals surface area (Å²) in [5.41, 5.74) is 5.73. The maximum atomic E-state index is 11.8. The Morgan fingerprint density at radius 2 is 1.82 bits per heavy atom. The van der Waals surface area contributed by atoms with E-state index in [4.69, 9.17) is 5.73 Å². The van der Waals surface area contributed by atoms with Gasteiger partial charge >= 0.3 is 5.97 Å². The molecule has 17 heavy (non-hydrogen) atoms. The first-order valence-electron chi connectivity index (χ1n) is 5.98. The molecule has 0 bridgehead atoms. The molecule has 0 aliphatic rings. The van der Waals surface area contributed by atoms with Crippen LogP contribution in [0.25, 0.3) is 0 Å². The van der Waals surface area contributed by atoms with Crippen LogP contribution in [0.15, 0.2) is 0 Å². The highest BCUT2D eigenvalue weighted by molar-refractivity contribution is 5.87. The van der Waals surface area contributed by atoms with E-state index in [0.717, 1.165) is 6.42 Å². The summed E-state index contributed by atoms with van der Waals surface area (Å²) in [5, 5.41) is 2.66. The van der Waals surface area contributed by atoms with E-state index in [-0.39, 0.29) is 17.7 Å². The maximum absolute atomic E-state index is 11.8. The predicted octanol–water partition coefficient (Wildman–Crippen LogP) is 0.674. The second-order valence-electron chi connectivity index (χ2n) is 4.66. The first-order valence-corrected chi connectivity index (χ1v) is 5.98. The minimum absolute atomic E-state index is 0.0192. The highest BCUT2D eigenvalue weighted by Crippen LogP contribution is 2.10. The molecule has 3 atom stereocenters. The van der Waals surface area contributed by atoms with Crippen LogP contribution < -0.4 is 11.1 Å². The molecule has 0 saturated heterocycles. The van der Waals surface area contributed by atoms with Gasteiger partial charge in [-0.3, -0.25) is 4.79 Å². The number of methoxy groups -OCH3 is 1. The zero-order valence-corrected chi connectivity index (χ0v) is 11.3. The molecule has 0 aliphatic heterocycles. The minimum atomic E-state index is -0.623. The second-order valence-corrected chi connectivity index (χ2v) is 4.66. The van der Waals surface area contributed by atoms with Gasteiger partial charge in [0.15, 0.2) is 0 Å². The van der Waals surface area contributed by atoms with Gasteiger partial charge < -0.3 is 15.8 Å². The number of hydrogen-bond acceptors (Lipinski definition) is 4. The normalized spacial score (nSPS) is 16.2. The van der Waals surface area contributed by atoms with Gasteiger partial charge in [0.1, 0.15) is 6.04 Å². The van der Waals surface area contributed by atoms with Crippen LogP contribution in [0, 0.1) is 11.8 Å². The van der Waals surface area contributed by atoms with Crippen LogP contribution in [0.2, 0.25) is 0 Å². The number of carbonyl (C=O) groups is 2. The van der Waals surface area contributed by atoms with Crippen LogP contribution >= 0.6 is 0 Å². The van der Waals surface area contributed by atoms with Crippen LogP contribution in [0.4, 0.5) is 0 Å². The number of amides is 1. The fourth-order valence-corrected chi connectivity index (χ4v) is 1.35. The lowest BCUT2D eigenvalue weighted by atomic mass is 9.97. The van der Waals surface area contributed by atoms with E-state index in [1.54, 1.807) is 0 Å². The molecule has 5 nitrogen and oxygen atoms in total. The van der Waals surface area contributed by atoms with Crippen LogP contribution in [-0.4, -0.2) is 31.1 Å². The molecule has 1 amide bonds. The molecule has 0 spiro atoms. The lowest BCUT2D eigenvalue weighted by Crippen LogP contribution is -2.52. The molecule has 0 heterocycles. The Morgan fingerprint density at radius 3 is 2.18 bits per heavy atom. The maximum Gasteiger partial charge on any atom is 0.328 e. The quantitative estimate of drug-likeness (QED) is 0.673. The third kappa shape index (κ3) is 4.73. The van der Waals surface area contributed by atoms with E-state index in [1.807, 2.05) is 27.7 Å². The molecular weight excluding hydrogens is 220 g/mol. The third-order valence-electron chi connectivity index (χ3n) is 2.99.